The highest BCUT2D eigenvalue weighted by Gasteiger charge is 2.12. The largest absolute Gasteiger partial charge is 0.292 e. The highest BCUT2D eigenvalue weighted by Crippen LogP contribution is 2.06. The Hall–Kier alpha value is -0.680. The van der Waals surface area contributed by atoms with Crippen molar-refractivity contribution in [2.24, 2.45) is 0 Å². The lowest BCUT2D eigenvalue weighted by Gasteiger charge is -2.19. The fraction of sp³-hybridized carbons (Fsp3) is 0.700. The molecule has 1 aromatic heterocycles. The molecular formula is C10H16ClF2N3. The van der Waals surface area contributed by atoms with E-state index in [0.717, 1.165) is 12.1 Å². The van der Waals surface area contributed by atoms with Gasteiger partial charge < -0.3 is 0 Å². The van der Waals surface area contributed by atoms with Crippen LogP contribution < -0.4 is 0 Å². The zero-order valence-corrected chi connectivity index (χ0v) is 10.00. The van der Waals surface area contributed by atoms with E-state index in [1.807, 2.05) is 13.1 Å². The van der Waals surface area contributed by atoms with Gasteiger partial charge in [0.15, 0.2) is 0 Å². The second-order valence-electron chi connectivity index (χ2n) is 3.52. The van der Waals surface area contributed by atoms with Gasteiger partial charge in [-0.15, -0.1) is 11.6 Å². The van der Waals surface area contributed by atoms with Crippen LogP contribution >= 0.6 is 11.6 Å². The highest BCUT2D eigenvalue weighted by molar-refractivity contribution is 6.18. The Kier molecular flexibility index (Phi) is 5.69. The smallest absolute Gasteiger partial charge is 0.251 e. The lowest BCUT2D eigenvalue weighted by atomic mass is 10.3. The molecule has 0 bridgehead atoms. The summed E-state index contributed by atoms with van der Waals surface area (Å²) in [5, 5.41) is 4.10. The summed E-state index contributed by atoms with van der Waals surface area (Å²) in [5.41, 5.74) is 0.938. The molecule has 16 heavy (non-hydrogen) atoms. The molecule has 0 radical (unpaired) electrons. The Labute approximate surface area is 99.0 Å². The molecule has 1 rings (SSSR count). The maximum absolute atomic E-state index is 12.3. The van der Waals surface area contributed by atoms with Crippen LogP contribution in [0.1, 0.15) is 12.5 Å². The Morgan fingerprint density at radius 2 is 2.31 bits per heavy atom. The van der Waals surface area contributed by atoms with E-state index in [0.29, 0.717) is 19.0 Å². The van der Waals surface area contributed by atoms with Gasteiger partial charge in [0, 0.05) is 37.3 Å². The molecule has 0 aromatic carbocycles. The van der Waals surface area contributed by atoms with E-state index in [1.165, 1.54) is 0 Å². The minimum absolute atomic E-state index is 0.246. The molecule has 0 aliphatic carbocycles. The summed E-state index contributed by atoms with van der Waals surface area (Å²) < 4.78 is 26.3. The summed E-state index contributed by atoms with van der Waals surface area (Å²) in [4.78, 5) is 1.63. The number of hydrogen-bond donors (Lipinski definition) is 0. The SMILES string of the molecule is CCn1cc(CN(CCCl)CC(F)F)cn1. The molecule has 0 saturated heterocycles. The molecule has 0 amide bonds. The molecule has 3 nitrogen and oxygen atoms in total. The predicted molar refractivity (Wildman–Crippen MR) is 59.9 cm³/mol. The van der Waals surface area contributed by atoms with Gasteiger partial charge in [0.2, 0.25) is 0 Å². The number of rotatable bonds is 7. The Morgan fingerprint density at radius 3 is 2.81 bits per heavy atom. The van der Waals surface area contributed by atoms with Crippen LogP contribution in [-0.4, -0.2) is 40.1 Å². The average molecular weight is 252 g/mol. The second kappa shape index (κ2) is 6.81. The fourth-order valence-corrected chi connectivity index (χ4v) is 1.71. The summed E-state index contributed by atoms with van der Waals surface area (Å²) in [7, 11) is 0. The molecule has 1 aromatic rings. The molecule has 0 N–H and O–H groups in total. The lowest BCUT2D eigenvalue weighted by molar-refractivity contribution is 0.0878. The topological polar surface area (TPSA) is 21.1 Å². The number of halogens is 3. The van der Waals surface area contributed by atoms with Crippen LogP contribution in [0.3, 0.4) is 0 Å². The maximum atomic E-state index is 12.3. The number of alkyl halides is 3. The molecule has 0 aliphatic heterocycles. The molecule has 0 fully saturated rings. The molecule has 0 aliphatic rings. The average Bonchev–Trinajstić information content (AvgIpc) is 2.65. The van der Waals surface area contributed by atoms with Crippen molar-refractivity contribution in [1.29, 1.82) is 0 Å². The van der Waals surface area contributed by atoms with Crippen LogP contribution in [0, 0.1) is 0 Å². The van der Waals surface area contributed by atoms with Gasteiger partial charge in [-0.3, -0.25) is 9.58 Å². The van der Waals surface area contributed by atoms with Crippen LogP contribution in [0.4, 0.5) is 8.78 Å². The standard InChI is InChI=1S/C10H16ClF2N3/c1-2-16-7-9(5-14-16)6-15(4-3-11)8-10(12)13/h5,7,10H,2-4,6,8H2,1H3. The molecule has 0 spiro atoms. The molecule has 1 heterocycles. The van der Waals surface area contributed by atoms with E-state index < -0.39 is 6.43 Å². The summed E-state index contributed by atoms with van der Waals surface area (Å²) in [6.07, 6.45) is 1.24. The Bertz CT molecular complexity index is 304. The van der Waals surface area contributed by atoms with Gasteiger partial charge in [0.1, 0.15) is 0 Å². The van der Waals surface area contributed by atoms with E-state index in [9.17, 15) is 8.78 Å². The van der Waals surface area contributed by atoms with E-state index in [-0.39, 0.29) is 6.54 Å². The Morgan fingerprint density at radius 1 is 1.56 bits per heavy atom. The first kappa shape index (κ1) is 13.4. The summed E-state index contributed by atoms with van der Waals surface area (Å²) in [6, 6.07) is 0. The van der Waals surface area contributed by atoms with E-state index in [2.05, 4.69) is 5.10 Å². The normalized spacial score (nSPS) is 11.6. The third-order valence-electron chi connectivity index (χ3n) is 2.21. The number of hydrogen-bond acceptors (Lipinski definition) is 2. The molecule has 0 saturated carbocycles. The number of aromatic nitrogens is 2. The van der Waals surface area contributed by atoms with Crippen molar-refractivity contribution >= 4 is 11.6 Å². The van der Waals surface area contributed by atoms with Crippen LogP contribution in [0.2, 0.25) is 0 Å². The van der Waals surface area contributed by atoms with E-state index >= 15 is 0 Å². The number of nitrogens with zero attached hydrogens (tertiary/aromatic N) is 3. The fourth-order valence-electron chi connectivity index (χ4n) is 1.47. The quantitative estimate of drug-likeness (QED) is 0.693. The number of aryl methyl sites for hydroxylation is 1. The zero-order chi connectivity index (χ0) is 12.0. The first-order chi connectivity index (χ1) is 7.65. The van der Waals surface area contributed by atoms with Crippen LogP contribution in [0.15, 0.2) is 12.4 Å². The summed E-state index contributed by atoms with van der Waals surface area (Å²) in [5.74, 6) is 0.356. The van der Waals surface area contributed by atoms with E-state index in [4.69, 9.17) is 11.6 Å². The minimum atomic E-state index is -2.33. The third kappa shape index (κ3) is 4.45. The van der Waals surface area contributed by atoms with Crippen molar-refractivity contribution in [2.45, 2.75) is 26.4 Å². The van der Waals surface area contributed by atoms with Crippen molar-refractivity contribution < 1.29 is 8.78 Å². The molecular weight excluding hydrogens is 236 g/mol. The van der Waals surface area contributed by atoms with Crippen molar-refractivity contribution in [3.8, 4) is 0 Å². The van der Waals surface area contributed by atoms with Gasteiger partial charge in [0.25, 0.3) is 6.43 Å². The van der Waals surface area contributed by atoms with Crippen molar-refractivity contribution in [3.63, 3.8) is 0 Å². The van der Waals surface area contributed by atoms with Crippen LogP contribution in [0.25, 0.3) is 0 Å². The molecule has 0 unspecified atom stereocenters. The summed E-state index contributed by atoms with van der Waals surface area (Å²) in [6.45, 7) is 3.45. The van der Waals surface area contributed by atoms with Gasteiger partial charge in [-0.25, -0.2) is 8.78 Å². The lowest BCUT2D eigenvalue weighted by Crippen LogP contribution is -2.30. The van der Waals surface area contributed by atoms with E-state index in [1.54, 1.807) is 15.8 Å². The van der Waals surface area contributed by atoms with Gasteiger partial charge >= 0.3 is 0 Å². The van der Waals surface area contributed by atoms with Gasteiger partial charge in [-0.2, -0.15) is 5.10 Å². The Balaban J connectivity index is 2.52. The first-order valence-electron chi connectivity index (χ1n) is 5.23. The van der Waals surface area contributed by atoms with Gasteiger partial charge in [0.05, 0.1) is 12.7 Å². The first-order valence-corrected chi connectivity index (χ1v) is 5.77. The van der Waals surface area contributed by atoms with Gasteiger partial charge in [-0.05, 0) is 6.92 Å². The second-order valence-corrected chi connectivity index (χ2v) is 3.90. The zero-order valence-electron chi connectivity index (χ0n) is 9.24. The van der Waals surface area contributed by atoms with Crippen LogP contribution in [-0.2, 0) is 13.1 Å². The van der Waals surface area contributed by atoms with Crippen molar-refractivity contribution in [1.82, 2.24) is 14.7 Å². The summed E-state index contributed by atoms with van der Waals surface area (Å²) >= 11 is 5.57. The molecule has 92 valence electrons. The molecule has 0 atom stereocenters. The highest BCUT2D eigenvalue weighted by atomic mass is 35.5. The van der Waals surface area contributed by atoms with Crippen molar-refractivity contribution in [2.75, 3.05) is 19.0 Å². The monoisotopic (exact) mass is 251 g/mol. The van der Waals surface area contributed by atoms with Crippen LogP contribution in [0.5, 0.6) is 0 Å². The van der Waals surface area contributed by atoms with Gasteiger partial charge in [-0.1, -0.05) is 0 Å². The minimum Gasteiger partial charge on any atom is -0.292 e. The predicted octanol–water partition coefficient (Wildman–Crippen LogP) is 2.21. The van der Waals surface area contributed by atoms with Crippen molar-refractivity contribution in [3.05, 3.63) is 18.0 Å². The third-order valence-corrected chi connectivity index (χ3v) is 2.38. The maximum Gasteiger partial charge on any atom is 0.251 e. The molecule has 6 heteroatoms.